The predicted octanol–water partition coefficient (Wildman–Crippen LogP) is 4.53. The highest BCUT2D eigenvalue weighted by Gasteiger charge is 2.40. The molecule has 1 fully saturated rings. The molecular weight excluding hydrogens is 371 g/mol. The fraction of sp³-hybridized carbons (Fsp3) is 0.400. The molecule has 8 heteroatoms. The molecule has 0 amide bonds. The van der Waals surface area contributed by atoms with Crippen LogP contribution in [0.2, 0.25) is 0 Å². The summed E-state index contributed by atoms with van der Waals surface area (Å²) in [6.07, 6.45) is -3.28. The van der Waals surface area contributed by atoms with Crippen LogP contribution in [0.1, 0.15) is 42.6 Å². The fourth-order valence-electron chi connectivity index (χ4n) is 4.14. The Bertz CT molecular complexity index is 1060. The molecule has 0 saturated heterocycles. The smallest absolute Gasteiger partial charge is 0.416 e. The van der Waals surface area contributed by atoms with Crippen molar-refractivity contribution < 1.29 is 23.4 Å². The van der Waals surface area contributed by atoms with Gasteiger partial charge in [-0.2, -0.15) is 13.2 Å². The Morgan fingerprint density at radius 2 is 1.79 bits per heavy atom. The first-order valence-corrected chi connectivity index (χ1v) is 8.95. The molecular formula is C20H20F3N3O2. The van der Waals surface area contributed by atoms with Gasteiger partial charge in [0, 0.05) is 22.7 Å². The summed E-state index contributed by atoms with van der Waals surface area (Å²) in [5, 5.41) is 29.5. The van der Waals surface area contributed by atoms with E-state index >= 15 is 0 Å². The van der Waals surface area contributed by atoms with Crippen molar-refractivity contribution >= 4 is 11.0 Å². The second-order valence-electron chi connectivity index (χ2n) is 7.91. The molecule has 1 aliphatic rings. The van der Waals surface area contributed by atoms with Crippen molar-refractivity contribution in [3.05, 3.63) is 41.1 Å². The largest absolute Gasteiger partial charge is 0.507 e. The number of halogens is 3. The van der Waals surface area contributed by atoms with Crippen LogP contribution in [0, 0.1) is 13.8 Å². The number of phenolic OH excluding ortho intramolecular Hbond substituents is 1. The lowest BCUT2D eigenvalue weighted by Crippen LogP contribution is -2.42. The van der Waals surface area contributed by atoms with Gasteiger partial charge in [0.1, 0.15) is 5.75 Å². The second kappa shape index (κ2) is 5.94. The van der Waals surface area contributed by atoms with Gasteiger partial charge in [-0.1, -0.05) is 0 Å². The Morgan fingerprint density at radius 1 is 1.11 bits per heavy atom. The maximum atomic E-state index is 12.9. The van der Waals surface area contributed by atoms with Crippen LogP contribution >= 0.6 is 0 Å². The van der Waals surface area contributed by atoms with Gasteiger partial charge in [0.15, 0.2) is 5.65 Å². The summed E-state index contributed by atoms with van der Waals surface area (Å²) in [5.41, 5.74) is 0.866. The molecule has 4 rings (SSSR count). The molecule has 5 nitrogen and oxygen atoms in total. The summed E-state index contributed by atoms with van der Waals surface area (Å²) in [4.78, 5) is 0. The predicted molar refractivity (Wildman–Crippen MR) is 98.0 cm³/mol. The number of nitrogens with zero attached hydrogens (tertiary/aromatic N) is 3. The summed E-state index contributed by atoms with van der Waals surface area (Å²) in [6.45, 7) is 5.24. The van der Waals surface area contributed by atoms with E-state index in [2.05, 4.69) is 10.2 Å². The zero-order valence-corrected chi connectivity index (χ0v) is 15.7. The highest BCUT2D eigenvalue weighted by molar-refractivity contribution is 5.83. The van der Waals surface area contributed by atoms with Gasteiger partial charge in [-0.3, -0.25) is 0 Å². The molecule has 0 unspecified atom stereocenters. The van der Waals surface area contributed by atoms with Crippen molar-refractivity contribution in [2.45, 2.75) is 51.4 Å². The molecule has 148 valence electrons. The van der Waals surface area contributed by atoms with Gasteiger partial charge < -0.3 is 14.8 Å². The summed E-state index contributed by atoms with van der Waals surface area (Å²) >= 11 is 0. The molecule has 2 heterocycles. The van der Waals surface area contributed by atoms with Crippen molar-refractivity contribution in [1.82, 2.24) is 14.8 Å². The monoisotopic (exact) mass is 391 g/mol. The molecule has 3 aromatic rings. The first-order chi connectivity index (χ1) is 13.0. The van der Waals surface area contributed by atoms with E-state index in [1.807, 2.05) is 17.6 Å². The van der Waals surface area contributed by atoms with E-state index in [4.69, 9.17) is 0 Å². The Labute approximate surface area is 159 Å². The van der Waals surface area contributed by atoms with Gasteiger partial charge in [0.25, 0.3) is 0 Å². The standard InChI is InChI=1S/C20H20F3N3O2/c1-10-4-13(20(21,22)23)7-16(27)17(10)15-6-12-5-11(2)26(18(12)25-24-15)14-8-19(3,28)9-14/h4-7,14,27-28H,8-9H2,1-3H3. The van der Waals surface area contributed by atoms with Crippen LogP contribution in [-0.4, -0.2) is 30.6 Å². The molecule has 1 aliphatic carbocycles. The molecule has 0 aliphatic heterocycles. The van der Waals surface area contributed by atoms with Crippen LogP contribution in [-0.2, 0) is 6.18 Å². The summed E-state index contributed by atoms with van der Waals surface area (Å²) in [5.74, 6) is -0.479. The van der Waals surface area contributed by atoms with E-state index in [0.29, 0.717) is 30.2 Å². The maximum absolute atomic E-state index is 12.9. The third kappa shape index (κ3) is 3.01. The number of aliphatic hydroxyl groups is 1. The van der Waals surface area contributed by atoms with Crippen molar-refractivity contribution in [2.24, 2.45) is 0 Å². The summed E-state index contributed by atoms with van der Waals surface area (Å²) in [7, 11) is 0. The molecule has 1 saturated carbocycles. The third-order valence-corrected chi connectivity index (χ3v) is 5.39. The second-order valence-corrected chi connectivity index (χ2v) is 7.91. The lowest BCUT2D eigenvalue weighted by atomic mass is 9.77. The topological polar surface area (TPSA) is 71.2 Å². The van der Waals surface area contributed by atoms with Gasteiger partial charge >= 0.3 is 6.18 Å². The highest BCUT2D eigenvalue weighted by Crippen LogP contribution is 2.44. The number of phenols is 1. The van der Waals surface area contributed by atoms with Gasteiger partial charge in [0.2, 0.25) is 0 Å². The van der Waals surface area contributed by atoms with Crippen LogP contribution in [0.3, 0.4) is 0 Å². The van der Waals surface area contributed by atoms with Gasteiger partial charge in [-0.25, -0.2) is 0 Å². The number of rotatable bonds is 2. The van der Waals surface area contributed by atoms with Gasteiger partial charge in [0.05, 0.1) is 16.9 Å². The quantitative estimate of drug-likeness (QED) is 0.674. The number of fused-ring (bicyclic) bond motifs is 1. The minimum Gasteiger partial charge on any atom is -0.507 e. The van der Waals surface area contributed by atoms with Crippen molar-refractivity contribution in [2.75, 3.05) is 0 Å². The number of hydrogen-bond donors (Lipinski definition) is 2. The molecule has 2 N–H and O–H groups in total. The van der Waals surface area contributed by atoms with Crippen LogP contribution in [0.15, 0.2) is 24.3 Å². The zero-order valence-electron chi connectivity index (χ0n) is 15.7. The van der Waals surface area contributed by atoms with Crippen LogP contribution in [0.5, 0.6) is 5.75 Å². The zero-order chi connectivity index (χ0) is 20.4. The van der Waals surface area contributed by atoms with Gasteiger partial charge in [-0.15, -0.1) is 10.2 Å². The lowest BCUT2D eigenvalue weighted by molar-refractivity contribution is -0.137. The van der Waals surface area contributed by atoms with Crippen LogP contribution in [0.25, 0.3) is 22.3 Å². The van der Waals surface area contributed by atoms with Crippen LogP contribution < -0.4 is 0 Å². The van der Waals surface area contributed by atoms with E-state index in [9.17, 15) is 23.4 Å². The van der Waals surface area contributed by atoms with E-state index in [0.717, 1.165) is 17.1 Å². The minimum atomic E-state index is -4.53. The molecule has 1 aromatic carbocycles. The average Bonchev–Trinajstić information content (AvgIpc) is 2.85. The lowest BCUT2D eigenvalue weighted by Gasteiger charge is -2.42. The van der Waals surface area contributed by atoms with Crippen molar-refractivity contribution in [3.63, 3.8) is 0 Å². The van der Waals surface area contributed by atoms with E-state index < -0.39 is 23.1 Å². The fourth-order valence-corrected chi connectivity index (χ4v) is 4.14. The molecule has 0 spiro atoms. The normalized spacial score (nSPS) is 22.5. The van der Waals surface area contributed by atoms with Crippen molar-refractivity contribution in [3.8, 4) is 17.0 Å². The maximum Gasteiger partial charge on any atom is 0.416 e. The first kappa shape index (κ1) is 18.7. The highest BCUT2D eigenvalue weighted by atomic mass is 19.4. The average molecular weight is 391 g/mol. The van der Waals surface area contributed by atoms with E-state index in [-0.39, 0.29) is 17.2 Å². The Morgan fingerprint density at radius 3 is 2.36 bits per heavy atom. The number of aromatic nitrogens is 3. The summed E-state index contributed by atoms with van der Waals surface area (Å²) in [6, 6.07) is 5.48. The third-order valence-electron chi connectivity index (χ3n) is 5.39. The van der Waals surface area contributed by atoms with Crippen LogP contribution in [0.4, 0.5) is 13.2 Å². The molecule has 2 aromatic heterocycles. The summed E-state index contributed by atoms with van der Waals surface area (Å²) < 4.78 is 40.9. The minimum absolute atomic E-state index is 0.133. The number of hydrogen-bond acceptors (Lipinski definition) is 4. The molecule has 0 atom stereocenters. The number of aryl methyl sites for hydroxylation is 2. The van der Waals surface area contributed by atoms with Gasteiger partial charge in [-0.05, 0) is 63.4 Å². The SMILES string of the molecule is Cc1cc(C(F)(F)F)cc(O)c1-c1cc2cc(C)n(C3CC(C)(O)C3)c2nn1. The number of aromatic hydroxyl groups is 1. The first-order valence-electron chi connectivity index (χ1n) is 8.95. The molecule has 28 heavy (non-hydrogen) atoms. The Kier molecular flexibility index (Phi) is 3.98. The molecule has 0 bridgehead atoms. The number of benzene rings is 1. The number of alkyl halides is 3. The van der Waals surface area contributed by atoms with E-state index in [1.165, 1.54) is 6.92 Å². The Hall–Kier alpha value is -2.61. The van der Waals surface area contributed by atoms with E-state index in [1.54, 1.807) is 13.0 Å². The van der Waals surface area contributed by atoms with Crippen molar-refractivity contribution in [1.29, 1.82) is 0 Å². The Balaban J connectivity index is 1.78. The molecule has 0 radical (unpaired) electrons.